The Labute approximate surface area is 392 Å². The molecule has 370 valence electrons. The number of ether oxygens (including phenoxy) is 1. The van der Waals surface area contributed by atoms with Crippen LogP contribution < -0.4 is 5.32 Å². The number of rotatable bonds is 51. The van der Waals surface area contributed by atoms with Crippen LogP contribution in [0.1, 0.15) is 290 Å². The highest BCUT2D eigenvalue weighted by Crippen LogP contribution is 2.16. The third kappa shape index (κ3) is 49.4. The van der Waals surface area contributed by atoms with E-state index < -0.39 is 12.1 Å². The second-order valence-electron chi connectivity index (χ2n) is 18.9. The standard InChI is InChI=1S/C57H107NO5/c1-3-5-7-9-11-13-15-16-17-18-20-23-26-30-33-37-41-45-49-55(60)54(53-59)58-56(61)50-46-42-38-34-31-27-24-21-19-22-25-28-32-36-40-44-48-52-63-57(62)51-47-43-39-35-29-14-12-10-8-6-4-2/h10,12,19,22,28,32,54-55,59-60H,3-9,11,13-18,20-21,23-27,29-31,33-53H2,1-2H3,(H,58,61)/b12-10-,22-19-,32-28-. The molecule has 0 rings (SSSR count). The van der Waals surface area contributed by atoms with Gasteiger partial charge in [0.15, 0.2) is 0 Å². The van der Waals surface area contributed by atoms with E-state index in [0.29, 0.717) is 25.9 Å². The lowest BCUT2D eigenvalue weighted by Crippen LogP contribution is -2.45. The van der Waals surface area contributed by atoms with E-state index in [-0.39, 0.29) is 18.5 Å². The quantitative estimate of drug-likeness (QED) is 0.0321. The molecule has 0 aromatic rings. The molecule has 3 N–H and O–H groups in total. The number of aliphatic hydroxyl groups excluding tert-OH is 2. The first-order valence-corrected chi connectivity index (χ1v) is 27.7. The monoisotopic (exact) mass is 886 g/mol. The molecule has 0 aromatic carbocycles. The largest absolute Gasteiger partial charge is 0.466 e. The molecule has 2 unspecified atom stereocenters. The number of amides is 1. The molecule has 6 nitrogen and oxygen atoms in total. The van der Waals surface area contributed by atoms with Gasteiger partial charge in [-0.15, -0.1) is 0 Å². The normalized spacial score (nSPS) is 12.9. The Morgan fingerprint density at radius 2 is 0.810 bits per heavy atom. The Balaban J connectivity index is 3.51. The molecule has 0 aliphatic carbocycles. The van der Waals surface area contributed by atoms with E-state index in [1.165, 1.54) is 173 Å². The van der Waals surface area contributed by atoms with E-state index in [2.05, 4.69) is 55.6 Å². The number of carbonyl (C=O) groups is 2. The van der Waals surface area contributed by atoms with Gasteiger partial charge in [-0.05, 0) is 83.5 Å². The fourth-order valence-corrected chi connectivity index (χ4v) is 8.36. The highest BCUT2D eigenvalue weighted by molar-refractivity contribution is 5.76. The molecule has 0 bridgehead atoms. The molecular formula is C57H107NO5. The average molecular weight is 886 g/mol. The van der Waals surface area contributed by atoms with Crippen molar-refractivity contribution in [3.8, 4) is 0 Å². The number of hydrogen-bond donors (Lipinski definition) is 3. The van der Waals surface area contributed by atoms with Crippen LogP contribution in [0.15, 0.2) is 36.5 Å². The summed E-state index contributed by atoms with van der Waals surface area (Å²) in [6.07, 6.45) is 64.1. The van der Waals surface area contributed by atoms with E-state index >= 15 is 0 Å². The van der Waals surface area contributed by atoms with Gasteiger partial charge < -0.3 is 20.3 Å². The van der Waals surface area contributed by atoms with Crippen LogP contribution in [0.5, 0.6) is 0 Å². The third-order valence-corrected chi connectivity index (χ3v) is 12.7. The molecule has 0 heterocycles. The van der Waals surface area contributed by atoms with Crippen molar-refractivity contribution in [2.75, 3.05) is 13.2 Å². The van der Waals surface area contributed by atoms with Crippen LogP contribution in [0.25, 0.3) is 0 Å². The van der Waals surface area contributed by atoms with Crippen LogP contribution in [0.2, 0.25) is 0 Å². The van der Waals surface area contributed by atoms with Crippen LogP contribution in [0, 0.1) is 0 Å². The van der Waals surface area contributed by atoms with Crippen molar-refractivity contribution in [3.63, 3.8) is 0 Å². The molecule has 0 spiro atoms. The molecule has 6 heteroatoms. The second-order valence-corrected chi connectivity index (χ2v) is 18.9. The van der Waals surface area contributed by atoms with Crippen molar-refractivity contribution in [3.05, 3.63) is 36.5 Å². The van der Waals surface area contributed by atoms with Crippen molar-refractivity contribution in [1.29, 1.82) is 0 Å². The van der Waals surface area contributed by atoms with E-state index in [1.54, 1.807) is 0 Å². The molecule has 63 heavy (non-hydrogen) atoms. The number of allylic oxidation sites excluding steroid dienone is 6. The van der Waals surface area contributed by atoms with Gasteiger partial charge in [-0.2, -0.15) is 0 Å². The van der Waals surface area contributed by atoms with Gasteiger partial charge >= 0.3 is 5.97 Å². The number of aliphatic hydroxyl groups is 2. The van der Waals surface area contributed by atoms with Crippen LogP contribution in [0.4, 0.5) is 0 Å². The van der Waals surface area contributed by atoms with Gasteiger partial charge in [-0.25, -0.2) is 0 Å². The topological polar surface area (TPSA) is 95.9 Å². The van der Waals surface area contributed by atoms with Crippen LogP contribution >= 0.6 is 0 Å². The van der Waals surface area contributed by atoms with Gasteiger partial charge in [0.05, 0.1) is 25.4 Å². The molecule has 0 aromatic heterocycles. The minimum absolute atomic E-state index is 0.0267. The zero-order valence-electron chi connectivity index (χ0n) is 42.1. The molecule has 0 radical (unpaired) electrons. The Hall–Kier alpha value is -1.92. The lowest BCUT2D eigenvalue weighted by molar-refractivity contribution is -0.143. The number of nitrogens with one attached hydrogen (secondary N) is 1. The lowest BCUT2D eigenvalue weighted by atomic mass is 10.0. The predicted molar refractivity (Wildman–Crippen MR) is 273 cm³/mol. The number of esters is 1. The molecule has 0 saturated heterocycles. The Morgan fingerprint density at radius 1 is 0.444 bits per heavy atom. The molecule has 1 amide bonds. The first kappa shape index (κ1) is 61.1. The maximum Gasteiger partial charge on any atom is 0.305 e. The third-order valence-electron chi connectivity index (χ3n) is 12.7. The van der Waals surface area contributed by atoms with Crippen molar-refractivity contribution >= 4 is 11.9 Å². The fourth-order valence-electron chi connectivity index (χ4n) is 8.36. The Kier molecular flexibility index (Phi) is 51.1. The summed E-state index contributed by atoms with van der Waals surface area (Å²) in [5.74, 6) is -0.0769. The van der Waals surface area contributed by atoms with Gasteiger partial charge in [0, 0.05) is 12.8 Å². The van der Waals surface area contributed by atoms with Gasteiger partial charge in [-0.1, -0.05) is 230 Å². The van der Waals surface area contributed by atoms with Crippen molar-refractivity contribution in [2.24, 2.45) is 0 Å². The van der Waals surface area contributed by atoms with Crippen LogP contribution in [0.3, 0.4) is 0 Å². The lowest BCUT2D eigenvalue weighted by Gasteiger charge is -2.22. The average Bonchev–Trinajstić information content (AvgIpc) is 3.28. The minimum atomic E-state index is -0.675. The fraction of sp³-hybridized carbons (Fsp3) is 0.860. The number of unbranched alkanes of at least 4 members (excludes halogenated alkanes) is 34. The van der Waals surface area contributed by atoms with Gasteiger partial charge in [0.1, 0.15) is 0 Å². The maximum absolute atomic E-state index is 12.5. The Morgan fingerprint density at radius 3 is 1.27 bits per heavy atom. The smallest absolute Gasteiger partial charge is 0.305 e. The first-order valence-electron chi connectivity index (χ1n) is 27.7. The molecule has 0 saturated carbocycles. The molecule has 0 fully saturated rings. The molecule has 2 atom stereocenters. The highest BCUT2D eigenvalue weighted by atomic mass is 16.5. The SMILES string of the molecule is CCCC/C=C\CCCCCCCC(=O)OCCCCC/C=C\C/C=C\CCCCCCCCCC(=O)NC(CO)C(O)CCCCCCCCCCCCCCCCCCCC. The van der Waals surface area contributed by atoms with Gasteiger partial charge in [0.25, 0.3) is 0 Å². The molecular weight excluding hydrogens is 779 g/mol. The predicted octanol–water partition coefficient (Wildman–Crippen LogP) is 16.9. The summed E-state index contributed by atoms with van der Waals surface area (Å²) in [6.45, 7) is 4.87. The summed E-state index contributed by atoms with van der Waals surface area (Å²) >= 11 is 0. The minimum Gasteiger partial charge on any atom is -0.466 e. The van der Waals surface area contributed by atoms with Crippen LogP contribution in [-0.2, 0) is 14.3 Å². The summed E-state index contributed by atoms with van der Waals surface area (Å²) in [5.41, 5.74) is 0. The summed E-state index contributed by atoms with van der Waals surface area (Å²) in [4.78, 5) is 24.4. The summed E-state index contributed by atoms with van der Waals surface area (Å²) in [6, 6.07) is -0.554. The molecule has 0 aliphatic heterocycles. The Bertz CT molecular complexity index is 1020. The highest BCUT2D eigenvalue weighted by Gasteiger charge is 2.20. The van der Waals surface area contributed by atoms with E-state index in [0.717, 1.165) is 83.5 Å². The second kappa shape index (κ2) is 52.7. The summed E-state index contributed by atoms with van der Waals surface area (Å²) in [7, 11) is 0. The zero-order chi connectivity index (χ0) is 45.8. The molecule has 0 aliphatic rings. The van der Waals surface area contributed by atoms with Crippen molar-refractivity contribution in [2.45, 2.75) is 302 Å². The maximum atomic E-state index is 12.5. The summed E-state index contributed by atoms with van der Waals surface area (Å²) < 4.78 is 5.42. The van der Waals surface area contributed by atoms with E-state index in [1.807, 2.05) is 0 Å². The van der Waals surface area contributed by atoms with Gasteiger partial charge in [0.2, 0.25) is 5.91 Å². The summed E-state index contributed by atoms with van der Waals surface area (Å²) in [5, 5.41) is 23.3. The zero-order valence-corrected chi connectivity index (χ0v) is 42.1. The van der Waals surface area contributed by atoms with Gasteiger partial charge in [-0.3, -0.25) is 9.59 Å². The van der Waals surface area contributed by atoms with Crippen LogP contribution in [-0.4, -0.2) is 47.4 Å². The van der Waals surface area contributed by atoms with E-state index in [4.69, 9.17) is 4.74 Å². The van der Waals surface area contributed by atoms with Crippen molar-refractivity contribution in [1.82, 2.24) is 5.32 Å². The van der Waals surface area contributed by atoms with Crippen molar-refractivity contribution < 1.29 is 24.5 Å². The number of carbonyl (C=O) groups excluding carboxylic acids is 2. The van der Waals surface area contributed by atoms with E-state index in [9.17, 15) is 19.8 Å². The first-order chi connectivity index (χ1) is 31.0. The number of hydrogen-bond acceptors (Lipinski definition) is 5.